The van der Waals surface area contributed by atoms with Crippen LogP contribution in [0.1, 0.15) is 26.1 Å². The van der Waals surface area contributed by atoms with Crippen LogP contribution in [0.2, 0.25) is 5.02 Å². The molecule has 0 aliphatic carbocycles. The van der Waals surface area contributed by atoms with Crippen molar-refractivity contribution in [3.63, 3.8) is 0 Å². The van der Waals surface area contributed by atoms with E-state index in [2.05, 4.69) is 4.98 Å². The summed E-state index contributed by atoms with van der Waals surface area (Å²) in [4.78, 5) is 26.1. The van der Waals surface area contributed by atoms with Gasteiger partial charge in [0.15, 0.2) is 5.78 Å². The summed E-state index contributed by atoms with van der Waals surface area (Å²) in [5, 5.41) is 18.6. The fourth-order valence-corrected chi connectivity index (χ4v) is 1.87. The summed E-state index contributed by atoms with van der Waals surface area (Å²) < 4.78 is 15.5. The van der Waals surface area contributed by atoms with Crippen LogP contribution in [0.3, 0.4) is 0 Å². The maximum Gasteiger partial charge on any atom is 0.303 e. The number of nitrogens with zero attached hydrogens (tertiary/aromatic N) is 1. The number of hydrogen-bond donors (Lipinski definition) is 2. The summed E-state index contributed by atoms with van der Waals surface area (Å²) in [5.41, 5.74) is 0.405. The van der Waals surface area contributed by atoms with Crippen molar-refractivity contribution in [1.29, 1.82) is 0 Å². The summed E-state index contributed by atoms with van der Waals surface area (Å²) in [5.74, 6) is -2.12. The van der Waals surface area contributed by atoms with Crippen LogP contribution in [0.4, 0.5) is 0 Å². The number of ketones is 1. The summed E-state index contributed by atoms with van der Waals surface area (Å²) in [6.45, 7) is 0. The Hall–Kier alpha value is -2.40. The molecular weight excluding hydrogens is 294 g/mol. The number of aliphatic carboxylic acids is 1. The van der Waals surface area contributed by atoms with Crippen molar-refractivity contribution in [2.75, 3.05) is 0 Å². The number of benzene rings is 1. The van der Waals surface area contributed by atoms with Gasteiger partial charge in [0.2, 0.25) is 0 Å². The first-order chi connectivity index (χ1) is 10.8. The van der Waals surface area contributed by atoms with Gasteiger partial charge in [-0.05, 0) is 23.7 Å². The second-order valence-electron chi connectivity index (χ2n) is 4.25. The molecule has 0 amide bonds. The van der Waals surface area contributed by atoms with Gasteiger partial charge in [-0.25, -0.2) is 4.98 Å². The highest BCUT2D eigenvalue weighted by Gasteiger charge is 2.15. The van der Waals surface area contributed by atoms with Gasteiger partial charge in [0.25, 0.3) is 0 Å². The second kappa shape index (κ2) is 6.37. The zero-order valence-electron chi connectivity index (χ0n) is 12.8. The number of carbonyl (C=O) groups excluding carboxylic acids is 1. The van der Waals surface area contributed by atoms with Gasteiger partial charge in [-0.3, -0.25) is 9.59 Å². The van der Waals surface area contributed by atoms with Gasteiger partial charge in [0.1, 0.15) is 11.4 Å². The molecule has 0 atom stereocenters. The fraction of sp³-hybridized carbons (Fsp3) is 0.133. The number of carboxylic acids is 1. The number of halogens is 1. The summed E-state index contributed by atoms with van der Waals surface area (Å²) >= 11 is 5.86. The van der Waals surface area contributed by atoms with Gasteiger partial charge in [-0.1, -0.05) is 23.7 Å². The van der Waals surface area contributed by atoms with Gasteiger partial charge in [-0.2, -0.15) is 0 Å². The maximum absolute atomic E-state index is 11.8. The molecule has 21 heavy (non-hydrogen) atoms. The maximum atomic E-state index is 11.8. The van der Waals surface area contributed by atoms with Crippen LogP contribution in [0.5, 0.6) is 5.75 Å². The lowest BCUT2D eigenvalue weighted by Gasteiger charge is -2.06. The van der Waals surface area contributed by atoms with Crippen molar-refractivity contribution in [2.45, 2.75) is 12.8 Å². The molecule has 2 N–H and O–H groups in total. The van der Waals surface area contributed by atoms with Crippen LogP contribution < -0.4 is 0 Å². The monoisotopic (exact) mass is 307 g/mol. The standard InChI is InChI=1S/C15H12ClNO4/c16-11-3-1-2-9(6-11)10-7-13(19)15(17-8-10)12(18)4-5-14(20)21/h1-3,6-8,19H,4-5H2,(H,20,21)/i1D,6D. The Labute approximate surface area is 128 Å². The molecule has 6 heteroatoms. The van der Waals surface area contributed by atoms with Crippen LogP contribution in [0, 0.1) is 0 Å². The van der Waals surface area contributed by atoms with Gasteiger partial charge >= 0.3 is 5.97 Å². The molecule has 0 spiro atoms. The number of carbonyl (C=O) groups is 2. The Morgan fingerprint density at radius 3 is 2.71 bits per heavy atom. The first-order valence-corrected chi connectivity index (χ1v) is 6.38. The van der Waals surface area contributed by atoms with Gasteiger partial charge in [0.05, 0.1) is 9.16 Å². The molecule has 2 aromatic rings. The van der Waals surface area contributed by atoms with Crippen molar-refractivity contribution in [2.24, 2.45) is 0 Å². The van der Waals surface area contributed by atoms with E-state index in [0.29, 0.717) is 11.1 Å². The van der Waals surface area contributed by atoms with Crippen LogP contribution in [-0.2, 0) is 4.79 Å². The Bertz CT molecular complexity index is 795. The molecule has 108 valence electrons. The van der Waals surface area contributed by atoms with Crippen molar-refractivity contribution in [3.8, 4) is 16.9 Å². The lowest BCUT2D eigenvalue weighted by Crippen LogP contribution is -2.06. The number of pyridine rings is 1. The molecule has 0 unspecified atom stereocenters. The molecule has 5 nitrogen and oxygen atoms in total. The summed E-state index contributed by atoms with van der Waals surface area (Å²) in [6, 6.07) is 4.04. The third-order valence-corrected chi connectivity index (χ3v) is 2.90. The topological polar surface area (TPSA) is 87.5 Å². The first kappa shape index (κ1) is 12.3. The molecule has 0 radical (unpaired) electrons. The zero-order valence-corrected chi connectivity index (χ0v) is 11.5. The Kier molecular flexibility index (Phi) is 3.74. The van der Waals surface area contributed by atoms with E-state index < -0.39 is 17.5 Å². The minimum Gasteiger partial charge on any atom is -0.506 e. The number of rotatable bonds is 5. The highest BCUT2D eigenvalue weighted by Crippen LogP contribution is 2.27. The fourth-order valence-electron chi connectivity index (χ4n) is 1.71. The number of Topliss-reactive ketones (excluding diaryl/α,β-unsaturated/α-hetero) is 1. The molecule has 1 aromatic carbocycles. The quantitative estimate of drug-likeness (QED) is 0.828. The van der Waals surface area contributed by atoms with E-state index in [1.807, 2.05) is 0 Å². The molecule has 0 saturated carbocycles. The van der Waals surface area contributed by atoms with E-state index in [9.17, 15) is 14.7 Å². The van der Waals surface area contributed by atoms with Crippen molar-refractivity contribution in [1.82, 2.24) is 4.98 Å². The summed E-state index contributed by atoms with van der Waals surface area (Å²) in [6.07, 6.45) is 0.652. The van der Waals surface area contributed by atoms with E-state index in [1.54, 1.807) is 0 Å². The van der Waals surface area contributed by atoms with Crippen molar-refractivity contribution < 1.29 is 22.5 Å². The van der Waals surface area contributed by atoms with E-state index in [-0.39, 0.29) is 35.6 Å². The minimum atomic E-state index is -1.12. The molecule has 0 aliphatic heterocycles. The number of aromatic nitrogens is 1. The predicted octanol–water partition coefficient (Wildman–Crippen LogP) is 3.16. The average Bonchev–Trinajstić information content (AvgIpc) is 2.48. The third kappa shape index (κ3) is 3.79. The number of carboxylic acid groups (broad SMARTS) is 1. The molecule has 2 rings (SSSR count). The minimum absolute atomic E-state index is 0.0196. The predicted molar refractivity (Wildman–Crippen MR) is 77.5 cm³/mol. The van der Waals surface area contributed by atoms with Gasteiger partial charge < -0.3 is 10.2 Å². The SMILES string of the molecule is [2H]c1cc(Cl)c([2H])c(-c2cnc(C(=O)CCC(=O)O)c(O)c2)c1. The normalized spacial score (nSPS) is 11.7. The largest absolute Gasteiger partial charge is 0.506 e. The molecule has 1 heterocycles. The Morgan fingerprint density at radius 2 is 2.05 bits per heavy atom. The van der Waals surface area contributed by atoms with E-state index in [0.717, 1.165) is 0 Å². The molecule has 0 fully saturated rings. The molecular formula is C15H12ClNO4. The van der Waals surface area contributed by atoms with E-state index in [1.165, 1.54) is 24.4 Å². The lowest BCUT2D eigenvalue weighted by molar-refractivity contribution is -0.136. The van der Waals surface area contributed by atoms with Gasteiger partial charge in [-0.15, -0.1) is 0 Å². The van der Waals surface area contributed by atoms with E-state index in [4.69, 9.17) is 19.4 Å². The lowest BCUT2D eigenvalue weighted by atomic mass is 10.1. The Morgan fingerprint density at radius 1 is 1.29 bits per heavy atom. The summed E-state index contributed by atoms with van der Waals surface area (Å²) in [7, 11) is 0. The second-order valence-corrected chi connectivity index (χ2v) is 4.66. The highest BCUT2D eigenvalue weighted by atomic mass is 35.5. The number of hydrogen-bond acceptors (Lipinski definition) is 4. The first-order valence-electron chi connectivity index (χ1n) is 7.00. The number of aromatic hydroxyl groups is 1. The third-order valence-electron chi connectivity index (χ3n) is 2.70. The van der Waals surface area contributed by atoms with Crippen molar-refractivity contribution >= 4 is 23.4 Å². The molecule has 0 saturated heterocycles. The highest BCUT2D eigenvalue weighted by molar-refractivity contribution is 6.30. The molecule has 1 aromatic heterocycles. The van der Waals surface area contributed by atoms with Crippen LogP contribution in [0.25, 0.3) is 11.1 Å². The van der Waals surface area contributed by atoms with Crippen LogP contribution in [0.15, 0.2) is 36.5 Å². The zero-order chi connectivity index (χ0) is 17.1. The van der Waals surface area contributed by atoms with Crippen LogP contribution >= 0.6 is 11.6 Å². The van der Waals surface area contributed by atoms with Crippen LogP contribution in [-0.4, -0.2) is 26.9 Å². The van der Waals surface area contributed by atoms with E-state index >= 15 is 0 Å². The van der Waals surface area contributed by atoms with Crippen molar-refractivity contribution in [3.05, 3.63) is 47.2 Å². The molecule has 0 bridgehead atoms. The Balaban J connectivity index is 2.37. The molecule has 0 aliphatic rings. The smallest absolute Gasteiger partial charge is 0.303 e. The van der Waals surface area contributed by atoms with Gasteiger partial charge in [0, 0.05) is 23.2 Å². The average molecular weight is 308 g/mol.